The molecule has 3 atom stereocenters. The number of amides is 1. The van der Waals surface area contributed by atoms with E-state index in [1.54, 1.807) is 12.1 Å². The third-order valence-corrected chi connectivity index (χ3v) is 5.07. The van der Waals surface area contributed by atoms with Crippen LogP contribution in [0.3, 0.4) is 0 Å². The van der Waals surface area contributed by atoms with Crippen LogP contribution in [0.1, 0.15) is 37.9 Å². The van der Waals surface area contributed by atoms with Gasteiger partial charge in [-0.15, -0.1) is 0 Å². The first-order valence-electron chi connectivity index (χ1n) is 8.22. The lowest BCUT2D eigenvalue weighted by Gasteiger charge is -2.34. The van der Waals surface area contributed by atoms with Crippen molar-refractivity contribution in [2.45, 2.75) is 32.3 Å². The van der Waals surface area contributed by atoms with Crippen molar-refractivity contribution in [1.29, 1.82) is 0 Å². The van der Waals surface area contributed by atoms with Crippen LogP contribution in [0.4, 0.5) is 4.39 Å². The number of carbonyl (C=O) groups is 2. The summed E-state index contributed by atoms with van der Waals surface area (Å²) in [5, 5.41) is 0. The number of ketones is 1. The predicted molar refractivity (Wildman–Crippen MR) is 83.2 cm³/mol. The van der Waals surface area contributed by atoms with Gasteiger partial charge in [-0.25, -0.2) is 4.39 Å². The second kappa shape index (κ2) is 6.79. The summed E-state index contributed by atoms with van der Waals surface area (Å²) in [5.41, 5.74) is 0.883. The molecule has 0 radical (unpaired) electrons. The number of benzene rings is 1. The molecule has 1 aliphatic carbocycles. The van der Waals surface area contributed by atoms with Gasteiger partial charge in [0.1, 0.15) is 17.7 Å². The number of halogens is 1. The number of morpholine rings is 1. The molecular weight excluding hydrogens is 297 g/mol. The molecule has 1 aliphatic heterocycles. The lowest BCUT2D eigenvalue weighted by molar-refractivity contribution is -0.140. The molecule has 124 valence electrons. The molecule has 1 amide bonds. The van der Waals surface area contributed by atoms with Crippen molar-refractivity contribution in [3.63, 3.8) is 0 Å². The maximum Gasteiger partial charge on any atom is 0.223 e. The van der Waals surface area contributed by atoms with Crippen molar-refractivity contribution in [2.75, 3.05) is 19.7 Å². The molecule has 1 aromatic rings. The molecule has 5 heteroatoms. The van der Waals surface area contributed by atoms with Gasteiger partial charge in [0.15, 0.2) is 0 Å². The Morgan fingerprint density at radius 1 is 1.35 bits per heavy atom. The second-order valence-electron chi connectivity index (χ2n) is 6.51. The fourth-order valence-electron chi connectivity index (χ4n) is 3.46. The van der Waals surface area contributed by atoms with Gasteiger partial charge in [0.2, 0.25) is 5.91 Å². The Morgan fingerprint density at radius 3 is 2.74 bits per heavy atom. The molecule has 1 saturated carbocycles. The largest absolute Gasteiger partial charge is 0.370 e. The number of rotatable bonds is 3. The van der Waals surface area contributed by atoms with E-state index in [-0.39, 0.29) is 35.4 Å². The van der Waals surface area contributed by atoms with Crippen LogP contribution in [0.25, 0.3) is 0 Å². The van der Waals surface area contributed by atoms with E-state index in [1.807, 2.05) is 11.8 Å². The molecule has 3 rings (SSSR count). The fourth-order valence-corrected chi connectivity index (χ4v) is 3.46. The first kappa shape index (κ1) is 16.1. The van der Waals surface area contributed by atoms with Crippen LogP contribution in [0.5, 0.6) is 0 Å². The van der Waals surface area contributed by atoms with Crippen molar-refractivity contribution >= 4 is 11.7 Å². The molecule has 2 aliphatic rings. The number of hydrogen-bond acceptors (Lipinski definition) is 3. The molecule has 0 spiro atoms. The van der Waals surface area contributed by atoms with Gasteiger partial charge in [0, 0.05) is 25.3 Å². The number of Topliss-reactive ketones (excluding diaryl/α,β-unsaturated/α-hetero) is 1. The smallest absolute Gasteiger partial charge is 0.223 e. The minimum absolute atomic E-state index is 0.00659. The summed E-state index contributed by atoms with van der Waals surface area (Å²) >= 11 is 0. The van der Waals surface area contributed by atoms with Crippen LogP contribution < -0.4 is 0 Å². The molecule has 2 fully saturated rings. The van der Waals surface area contributed by atoms with Crippen molar-refractivity contribution < 1.29 is 18.7 Å². The minimum atomic E-state index is -0.280. The summed E-state index contributed by atoms with van der Waals surface area (Å²) in [4.78, 5) is 26.0. The van der Waals surface area contributed by atoms with Crippen LogP contribution >= 0.6 is 0 Å². The van der Waals surface area contributed by atoms with E-state index in [9.17, 15) is 14.0 Å². The van der Waals surface area contributed by atoms with E-state index in [0.717, 1.165) is 12.0 Å². The highest BCUT2D eigenvalue weighted by atomic mass is 19.1. The number of carbonyl (C=O) groups excluding carboxylic acids is 2. The van der Waals surface area contributed by atoms with E-state index in [4.69, 9.17) is 4.74 Å². The number of ether oxygens (including phenoxy) is 1. The third-order valence-electron chi connectivity index (χ3n) is 5.07. The Morgan fingerprint density at radius 2 is 2.09 bits per heavy atom. The minimum Gasteiger partial charge on any atom is -0.370 e. The molecule has 0 unspecified atom stereocenters. The van der Waals surface area contributed by atoms with Crippen molar-refractivity contribution in [3.05, 3.63) is 35.6 Å². The summed E-state index contributed by atoms with van der Waals surface area (Å²) in [6.07, 6.45) is 1.64. The molecule has 1 heterocycles. The summed E-state index contributed by atoms with van der Waals surface area (Å²) in [7, 11) is 0. The van der Waals surface area contributed by atoms with Gasteiger partial charge in [-0.05, 0) is 30.0 Å². The predicted octanol–water partition coefficient (Wildman–Crippen LogP) is 2.73. The summed E-state index contributed by atoms with van der Waals surface area (Å²) in [6.45, 7) is 3.46. The van der Waals surface area contributed by atoms with Gasteiger partial charge >= 0.3 is 0 Å². The van der Waals surface area contributed by atoms with E-state index in [0.29, 0.717) is 32.5 Å². The summed E-state index contributed by atoms with van der Waals surface area (Å²) < 4.78 is 18.7. The van der Waals surface area contributed by atoms with Gasteiger partial charge in [-0.1, -0.05) is 19.1 Å². The molecule has 1 saturated heterocycles. The van der Waals surface area contributed by atoms with Crippen LogP contribution in [-0.4, -0.2) is 36.3 Å². The Labute approximate surface area is 135 Å². The van der Waals surface area contributed by atoms with Crippen LogP contribution in [0.15, 0.2) is 24.3 Å². The second-order valence-corrected chi connectivity index (χ2v) is 6.51. The highest BCUT2D eigenvalue weighted by molar-refractivity contribution is 5.85. The van der Waals surface area contributed by atoms with E-state index >= 15 is 0 Å². The maximum absolute atomic E-state index is 13.0. The molecule has 1 aromatic carbocycles. The Bertz CT molecular complexity index is 586. The Balaban J connectivity index is 1.60. The molecular formula is C18H22FNO3. The highest BCUT2D eigenvalue weighted by Crippen LogP contribution is 2.32. The van der Waals surface area contributed by atoms with Crippen molar-refractivity contribution in [1.82, 2.24) is 4.90 Å². The topological polar surface area (TPSA) is 46.6 Å². The first-order chi connectivity index (χ1) is 11.0. The normalized spacial score (nSPS) is 28.2. The quantitative estimate of drug-likeness (QED) is 0.860. The molecule has 0 bridgehead atoms. The average Bonchev–Trinajstić information content (AvgIpc) is 2.88. The van der Waals surface area contributed by atoms with Gasteiger partial charge in [0.25, 0.3) is 0 Å². The van der Waals surface area contributed by atoms with Crippen LogP contribution in [-0.2, 0) is 14.3 Å². The van der Waals surface area contributed by atoms with Gasteiger partial charge in [-0.2, -0.15) is 0 Å². The molecule has 23 heavy (non-hydrogen) atoms. The fraction of sp³-hybridized carbons (Fsp3) is 0.556. The lowest BCUT2D eigenvalue weighted by atomic mass is 9.93. The maximum atomic E-state index is 13.0. The van der Waals surface area contributed by atoms with Gasteiger partial charge < -0.3 is 9.64 Å². The number of nitrogens with zero attached hydrogens (tertiary/aromatic N) is 1. The molecule has 4 nitrogen and oxygen atoms in total. The number of hydrogen-bond donors (Lipinski definition) is 0. The highest BCUT2D eigenvalue weighted by Gasteiger charge is 2.34. The van der Waals surface area contributed by atoms with Crippen molar-refractivity contribution in [2.24, 2.45) is 11.8 Å². The van der Waals surface area contributed by atoms with Gasteiger partial charge in [-0.3, -0.25) is 9.59 Å². The zero-order valence-corrected chi connectivity index (χ0v) is 13.3. The zero-order valence-electron chi connectivity index (χ0n) is 13.3. The average molecular weight is 319 g/mol. The molecule has 0 aromatic heterocycles. The Hall–Kier alpha value is -1.75. The zero-order chi connectivity index (χ0) is 16.4. The SMILES string of the molecule is C[C@@H]1C(=O)CC[C@H]1CC(=O)N1CCO[C@H](c2ccc(F)cc2)C1. The lowest BCUT2D eigenvalue weighted by Crippen LogP contribution is -2.43. The summed E-state index contributed by atoms with van der Waals surface area (Å²) in [6, 6.07) is 6.22. The van der Waals surface area contributed by atoms with Crippen LogP contribution in [0.2, 0.25) is 0 Å². The summed E-state index contributed by atoms with van der Waals surface area (Å²) in [5.74, 6) is 0.244. The monoisotopic (exact) mass is 319 g/mol. The third kappa shape index (κ3) is 3.61. The standard InChI is InChI=1S/C18H22FNO3/c1-12-14(4-7-16(12)21)10-18(22)20-8-9-23-17(11-20)13-2-5-15(19)6-3-13/h2-3,5-6,12,14,17H,4,7-11H2,1H3/t12-,14-,17-/m0/s1. The van der Waals surface area contributed by atoms with Gasteiger partial charge in [0.05, 0.1) is 13.2 Å². The van der Waals surface area contributed by atoms with Crippen molar-refractivity contribution in [3.8, 4) is 0 Å². The first-order valence-corrected chi connectivity index (χ1v) is 8.22. The molecule has 0 N–H and O–H groups in total. The van der Waals surface area contributed by atoms with Crippen LogP contribution in [0, 0.1) is 17.7 Å². The van der Waals surface area contributed by atoms with E-state index < -0.39 is 0 Å². The Kier molecular flexibility index (Phi) is 4.76. The van der Waals surface area contributed by atoms with E-state index in [2.05, 4.69) is 0 Å². The van der Waals surface area contributed by atoms with E-state index in [1.165, 1.54) is 12.1 Å².